The maximum Gasteiger partial charge on any atom is 0.203 e. The summed E-state index contributed by atoms with van der Waals surface area (Å²) in [5.41, 5.74) is 1.11. The van der Waals surface area contributed by atoms with Crippen LogP contribution < -0.4 is 5.32 Å². The van der Waals surface area contributed by atoms with Crippen LogP contribution in [0.2, 0.25) is 0 Å². The molecule has 0 aliphatic rings. The minimum Gasteiger partial charge on any atom is -0.385 e. The number of imidazole rings is 1. The molecule has 0 bridgehead atoms. The molecule has 0 aromatic carbocycles. The van der Waals surface area contributed by atoms with E-state index < -0.39 is 0 Å². The van der Waals surface area contributed by atoms with Gasteiger partial charge in [0.1, 0.15) is 0 Å². The largest absolute Gasteiger partial charge is 0.385 e. The Morgan fingerprint density at radius 2 is 2.47 bits per heavy atom. The van der Waals surface area contributed by atoms with Gasteiger partial charge in [-0.1, -0.05) is 0 Å². The molecule has 6 nitrogen and oxygen atoms in total. The molecule has 0 saturated heterocycles. The van der Waals surface area contributed by atoms with Gasteiger partial charge in [0, 0.05) is 51.0 Å². The molecular weight excluding hydrogens is 218 g/mol. The average Bonchev–Trinajstić information content (AvgIpc) is 2.97. The van der Waals surface area contributed by atoms with E-state index in [1.54, 1.807) is 19.5 Å². The summed E-state index contributed by atoms with van der Waals surface area (Å²) in [6, 6.07) is 0. The Morgan fingerprint density at radius 3 is 3.24 bits per heavy atom. The van der Waals surface area contributed by atoms with Crippen molar-refractivity contribution in [3.63, 3.8) is 0 Å². The number of hydrogen-bond donors (Lipinski definition) is 2. The van der Waals surface area contributed by atoms with E-state index in [1.807, 2.05) is 12.4 Å². The predicted octanol–water partition coefficient (Wildman–Crippen LogP) is 1.25. The quantitative estimate of drug-likeness (QED) is 0.709. The molecule has 0 saturated carbocycles. The second kappa shape index (κ2) is 6.05. The molecule has 0 unspecified atom stereocenters. The van der Waals surface area contributed by atoms with Gasteiger partial charge in [-0.2, -0.15) is 5.10 Å². The van der Waals surface area contributed by atoms with Crippen LogP contribution in [0.4, 0.5) is 5.95 Å². The van der Waals surface area contributed by atoms with Crippen LogP contribution in [0.5, 0.6) is 0 Å². The summed E-state index contributed by atoms with van der Waals surface area (Å²) >= 11 is 0. The molecule has 2 aromatic heterocycles. The van der Waals surface area contributed by atoms with Crippen LogP contribution in [0.15, 0.2) is 24.8 Å². The molecule has 0 aliphatic carbocycles. The Morgan fingerprint density at radius 1 is 1.53 bits per heavy atom. The number of H-pyrrole nitrogens is 1. The standard InChI is InChI=1S/C11H17N5O/c1-17-6-2-4-16-5-3-12-11(16)13-7-10-8-14-15-9-10/h3,5,8-9H,2,4,6-7H2,1H3,(H,12,13)(H,14,15). The lowest BCUT2D eigenvalue weighted by molar-refractivity contribution is 0.190. The van der Waals surface area contributed by atoms with E-state index in [9.17, 15) is 0 Å². The lowest BCUT2D eigenvalue weighted by Gasteiger charge is -2.08. The number of rotatable bonds is 7. The van der Waals surface area contributed by atoms with Crippen LogP contribution in [0.1, 0.15) is 12.0 Å². The molecule has 0 fully saturated rings. The molecule has 6 heteroatoms. The minimum atomic E-state index is 0.720. The second-order valence-corrected chi connectivity index (χ2v) is 3.75. The number of anilines is 1. The van der Waals surface area contributed by atoms with Gasteiger partial charge in [0.25, 0.3) is 0 Å². The molecule has 0 spiro atoms. The van der Waals surface area contributed by atoms with Crippen molar-refractivity contribution in [1.82, 2.24) is 19.7 Å². The predicted molar refractivity (Wildman–Crippen MR) is 64.6 cm³/mol. The summed E-state index contributed by atoms with van der Waals surface area (Å²) in [7, 11) is 1.71. The Balaban J connectivity index is 1.85. The summed E-state index contributed by atoms with van der Waals surface area (Å²) in [4.78, 5) is 4.27. The zero-order valence-corrected chi connectivity index (χ0v) is 9.89. The highest BCUT2D eigenvalue weighted by Crippen LogP contribution is 2.07. The number of nitrogens with zero attached hydrogens (tertiary/aromatic N) is 3. The number of hydrogen-bond acceptors (Lipinski definition) is 4. The van der Waals surface area contributed by atoms with Gasteiger partial charge in [0.2, 0.25) is 5.95 Å². The summed E-state index contributed by atoms with van der Waals surface area (Å²) in [6.45, 7) is 2.39. The minimum absolute atomic E-state index is 0.720. The third-order valence-corrected chi connectivity index (χ3v) is 2.47. The maximum absolute atomic E-state index is 5.03. The molecule has 2 rings (SSSR count). The van der Waals surface area contributed by atoms with Crippen molar-refractivity contribution in [2.45, 2.75) is 19.5 Å². The van der Waals surface area contributed by atoms with Gasteiger partial charge in [-0.3, -0.25) is 5.10 Å². The fourth-order valence-electron chi connectivity index (χ4n) is 1.59. The zero-order valence-electron chi connectivity index (χ0n) is 9.89. The van der Waals surface area contributed by atoms with E-state index in [1.165, 1.54) is 0 Å². The Bertz CT molecular complexity index is 423. The lowest BCUT2D eigenvalue weighted by atomic mass is 10.4. The third-order valence-electron chi connectivity index (χ3n) is 2.47. The monoisotopic (exact) mass is 235 g/mol. The number of aromatic nitrogens is 4. The van der Waals surface area contributed by atoms with E-state index in [-0.39, 0.29) is 0 Å². The fraction of sp³-hybridized carbons (Fsp3) is 0.455. The van der Waals surface area contributed by atoms with E-state index >= 15 is 0 Å². The molecule has 0 atom stereocenters. The highest BCUT2D eigenvalue weighted by molar-refractivity contribution is 5.27. The number of aromatic amines is 1. The van der Waals surface area contributed by atoms with Crippen molar-refractivity contribution in [3.8, 4) is 0 Å². The molecule has 0 amide bonds. The van der Waals surface area contributed by atoms with Crippen LogP contribution in [-0.2, 0) is 17.8 Å². The molecule has 17 heavy (non-hydrogen) atoms. The number of ether oxygens (including phenoxy) is 1. The number of methoxy groups -OCH3 is 1. The van der Waals surface area contributed by atoms with Crippen molar-refractivity contribution >= 4 is 5.95 Å². The zero-order chi connectivity index (χ0) is 11.9. The molecule has 0 radical (unpaired) electrons. The van der Waals surface area contributed by atoms with Gasteiger partial charge in [0.05, 0.1) is 6.20 Å². The summed E-state index contributed by atoms with van der Waals surface area (Å²) < 4.78 is 7.11. The second-order valence-electron chi connectivity index (χ2n) is 3.75. The summed E-state index contributed by atoms with van der Waals surface area (Å²) in [6.07, 6.45) is 8.40. The van der Waals surface area contributed by atoms with Crippen molar-refractivity contribution in [1.29, 1.82) is 0 Å². The Kier molecular flexibility index (Phi) is 4.15. The van der Waals surface area contributed by atoms with Crippen molar-refractivity contribution < 1.29 is 4.74 Å². The first-order chi connectivity index (χ1) is 8.40. The van der Waals surface area contributed by atoms with Crippen LogP contribution >= 0.6 is 0 Å². The van der Waals surface area contributed by atoms with Crippen LogP contribution in [0.25, 0.3) is 0 Å². The van der Waals surface area contributed by atoms with Crippen LogP contribution in [0, 0.1) is 0 Å². The van der Waals surface area contributed by atoms with E-state index in [0.29, 0.717) is 0 Å². The van der Waals surface area contributed by atoms with E-state index in [4.69, 9.17) is 4.74 Å². The first-order valence-electron chi connectivity index (χ1n) is 5.62. The highest BCUT2D eigenvalue weighted by atomic mass is 16.5. The normalized spacial score (nSPS) is 10.6. The van der Waals surface area contributed by atoms with Crippen LogP contribution in [0.3, 0.4) is 0 Å². The summed E-state index contributed by atoms with van der Waals surface area (Å²) in [5, 5.41) is 9.95. The number of aryl methyl sites for hydroxylation is 1. The van der Waals surface area contributed by atoms with Gasteiger partial charge in [0.15, 0.2) is 0 Å². The molecule has 0 aliphatic heterocycles. The van der Waals surface area contributed by atoms with Gasteiger partial charge in [-0.15, -0.1) is 0 Å². The first kappa shape index (κ1) is 11.7. The smallest absolute Gasteiger partial charge is 0.203 e. The molecule has 2 N–H and O–H groups in total. The summed E-state index contributed by atoms with van der Waals surface area (Å²) in [5.74, 6) is 0.877. The SMILES string of the molecule is COCCCn1ccnc1NCc1cn[nH]c1. The Hall–Kier alpha value is -1.82. The van der Waals surface area contributed by atoms with Crippen molar-refractivity contribution in [2.75, 3.05) is 19.0 Å². The van der Waals surface area contributed by atoms with Gasteiger partial charge in [-0.05, 0) is 6.42 Å². The first-order valence-corrected chi connectivity index (χ1v) is 5.62. The van der Waals surface area contributed by atoms with E-state index in [0.717, 1.165) is 37.6 Å². The van der Waals surface area contributed by atoms with E-state index in [2.05, 4.69) is 25.1 Å². The van der Waals surface area contributed by atoms with Gasteiger partial charge in [-0.25, -0.2) is 4.98 Å². The average molecular weight is 235 g/mol. The highest BCUT2D eigenvalue weighted by Gasteiger charge is 2.02. The topological polar surface area (TPSA) is 67.8 Å². The fourth-order valence-corrected chi connectivity index (χ4v) is 1.59. The third kappa shape index (κ3) is 3.32. The Labute approximate surface area is 100 Å². The van der Waals surface area contributed by atoms with Crippen molar-refractivity contribution in [2.24, 2.45) is 0 Å². The lowest BCUT2D eigenvalue weighted by Crippen LogP contribution is -2.08. The maximum atomic E-state index is 5.03. The van der Waals surface area contributed by atoms with Crippen molar-refractivity contribution in [3.05, 3.63) is 30.4 Å². The van der Waals surface area contributed by atoms with Gasteiger partial charge >= 0.3 is 0 Å². The molecule has 92 valence electrons. The van der Waals surface area contributed by atoms with Crippen LogP contribution in [-0.4, -0.2) is 33.5 Å². The van der Waals surface area contributed by atoms with Gasteiger partial charge < -0.3 is 14.6 Å². The molecule has 2 heterocycles. The number of nitrogens with one attached hydrogen (secondary N) is 2. The molecule has 2 aromatic rings. The molecular formula is C11H17N5O.